The number of carbonyl (C=O) groups excluding carboxylic acids is 3. The molecule has 2 rings (SSSR count). The molecular weight excluding hydrogens is 339 g/mol. The standard InChI is InChI=1S/C19H25FN2O4/c1-13(2)22-16(23)11-21-17(24)12-26-18(25)19(9-5-6-10-19)14-7-3-4-8-15(14)20/h3-4,7-8,13H,5-6,9-12H2,1-2H3,(H,21,24)(H,22,23). The molecule has 0 atom stereocenters. The van der Waals surface area contributed by atoms with E-state index >= 15 is 0 Å². The maximum Gasteiger partial charge on any atom is 0.317 e. The fraction of sp³-hybridized carbons (Fsp3) is 0.526. The summed E-state index contributed by atoms with van der Waals surface area (Å²) in [7, 11) is 0. The van der Waals surface area contributed by atoms with Crippen molar-refractivity contribution in [3.05, 3.63) is 35.6 Å². The molecule has 0 radical (unpaired) electrons. The lowest BCUT2D eigenvalue weighted by molar-refractivity contribution is -0.154. The Morgan fingerprint density at radius 2 is 1.81 bits per heavy atom. The molecule has 142 valence electrons. The van der Waals surface area contributed by atoms with Crippen LogP contribution in [0.5, 0.6) is 0 Å². The lowest BCUT2D eigenvalue weighted by atomic mass is 9.78. The fourth-order valence-electron chi connectivity index (χ4n) is 3.28. The third kappa shape index (κ3) is 4.80. The summed E-state index contributed by atoms with van der Waals surface area (Å²) in [5.41, 5.74) is -0.722. The van der Waals surface area contributed by atoms with E-state index < -0.39 is 29.7 Å². The number of rotatable bonds is 7. The normalized spacial score (nSPS) is 15.5. The van der Waals surface area contributed by atoms with Crippen LogP contribution in [0.1, 0.15) is 45.1 Å². The molecule has 2 N–H and O–H groups in total. The van der Waals surface area contributed by atoms with E-state index in [1.54, 1.807) is 18.2 Å². The van der Waals surface area contributed by atoms with Gasteiger partial charge in [-0.05, 0) is 32.8 Å². The van der Waals surface area contributed by atoms with Crippen LogP contribution in [-0.4, -0.2) is 37.0 Å². The molecule has 1 saturated carbocycles. The summed E-state index contributed by atoms with van der Waals surface area (Å²) in [6.07, 6.45) is 2.58. The van der Waals surface area contributed by atoms with E-state index in [2.05, 4.69) is 10.6 Å². The zero-order chi connectivity index (χ0) is 19.2. The van der Waals surface area contributed by atoms with Crippen LogP contribution < -0.4 is 10.6 Å². The molecule has 0 heterocycles. The minimum Gasteiger partial charge on any atom is -0.455 e. The Bertz CT molecular complexity index is 669. The number of hydrogen-bond donors (Lipinski definition) is 2. The Balaban J connectivity index is 1.94. The SMILES string of the molecule is CC(C)NC(=O)CNC(=O)COC(=O)C1(c2ccccc2F)CCCC1. The van der Waals surface area contributed by atoms with Gasteiger partial charge in [0, 0.05) is 11.6 Å². The third-order valence-corrected chi connectivity index (χ3v) is 4.47. The van der Waals surface area contributed by atoms with Gasteiger partial charge in [0.1, 0.15) is 5.82 Å². The van der Waals surface area contributed by atoms with Crippen molar-refractivity contribution in [2.45, 2.75) is 51.0 Å². The number of nitrogens with one attached hydrogen (secondary N) is 2. The Kier molecular flexibility index (Phi) is 6.71. The molecule has 1 aromatic rings. The number of carbonyl (C=O) groups is 3. The molecule has 1 aromatic carbocycles. The van der Waals surface area contributed by atoms with Crippen LogP contribution >= 0.6 is 0 Å². The van der Waals surface area contributed by atoms with Crippen molar-refractivity contribution in [1.82, 2.24) is 10.6 Å². The van der Waals surface area contributed by atoms with E-state index in [-0.39, 0.29) is 18.5 Å². The number of benzene rings is 1. The smallest absolute Gasteiger partial charge is 0.317 e. The first-order chi connectivity index (χ1) is 12.3. The van der Waals surface area contributed by atoms with E-state index in [1.165, 1.54) is 6.07 Å². The highest BCUT2D eigenvalue weighted by molar-refractivity contribution is 5.88. The van der Waals surface area contributed by atoms with Crippen LogP contribution in [0.15, 0.2) is 24.3 Å². The molecule has 0 bridgehead atoms. The molecule has 0 aromatic heterocycles. The van der Waals surface area contributed by atoms with E-state index in [4.69, 9.17) is 4.74 Å². The van der Waals surface area contributed by atoms with Gasteiger partial charge in [-0.15, -0.1) is 0 Å². The van der Waals surface area contributed by atoms with Crippen molar-refractivity contribution < 1.29 is 23.5 Å². The van der Waals surface area contributed by atoms with Crippen LogP contribution in [-0.2, 0) is 24.5 Å². The number of hydrogen-bond acceptors (Lipinski definition) is 4. The second-order valence-electron chi connectivity index (χ2n) is 6.84. The first-order valence-corrected chi connectivity index (χ1v) is 8.83. The van der Waals surface area contributed by atoms with Crippen molar-refractivity contribution in [2.75, 3.05) is 13.2 Å². The molecule has 1 aliphatic rings. The lowest BCUT2D eigenvalue weighted by Crippen LogP contribution is -2.42. The summed E-state index contributed by atoms with van der Waals surface area (Å²) in [4.78, 5) is 36.0. The van der Waals surface area contributed by atoms with Crippen LogP contribution in [0.25, 0.3) is 0 Å². The quantitative estimate of drug-likeness (QED) is 0.723. The topological polar surface area (TPSA) is 84.5 Å². The average Bonchev–Trinajstić information content (AvgIpc) is 3.08. The zero-order valence-electron chi connectivity index (χ0n) is 15.1. The zero-order valence-corrected chi connectivity index (χ0v) is 15.1. The molecule has 1 fully saturated rings. The number of ether oxygens (including phenoxy) is 1. The van der Waals surface area contributed by atoms with Gasteiger partial charge in [0.2, 0.25) is 5.91 Å². The number of halogens is 1. The van der Waals surface area contributed by atoms with Crippen molar-refractivity contribution in [1.29, 1.82) is 0 Å². The molecule has 0 unspecified atom stereocenters. The molecule has 7 heteroatoms. The first kappa shape index (κ1) is 19.9. The third-order valence-electron chi connectivity index (χ3n) is 4.47. The van der Waals surface area contributed by atoms with Crippen molar-refractivity contribution in [2.24, 2.45) is 0 Å². The predicted octanol–water partition coefficient (Wildman–Crippen LogP) is 1.82. The van der Waals surface area contributed by atoms with Crippen LogP contribution in [0.2, 0.25) is 0 Å². The average molecular weight is 364 g/mol. The van der Waals surface area contributed by atoms with Gasteiger partial charge in [-0.2, -0.15) is 0 Å². The highest BCUT2D eigenvalue weighted by Crippen LogP contribution is 2.43. The molecule has 1 aliphatic carbocycles. The summed E-state index contributed by atoms with van der Waals surface area (Å²) in [5.74, 6) is -1.93. The van der Waals surface area contributed by atoms with E-state index in [0.717, 1.165) is 12.8 Å². The Morgan fingerprint density at radius 1 is 1.15 bits per heavy atom. The van der Waals surface area contributed by atoms with Gasteiger partial charge >= 0.3 is 5.97 Å². The van der Waals surface area contributed by atoms with Crippen LogP contribution in [0.3, 0.4) is 0 Å². The Morgan fingerprint density at radius 3 is 2.42 bits per heavy atom. The van der Waals surface area contributed by atoms with Gasteiger partial charge in [-0.1, -0.05) is 31.0 Å². The molecule has 0 spiro atoms. The summed E-state index contributed by atoms with van der Waals surface area (Å²) in [5, 5.41) is 5.03. The minimum absolute atomic E-state index is 0.0276. The van der Waals surface area contributed by atoms with Crippen LogP contribution in [0.4, 0.5) is 4.39 Å². The number of esters is 1. The van der Waals surface area contributed by atoms with Crippen molar-refractivity contribution >= 4 is 17.8 Å². The molecular formula is C19H25FN2O4. The molecule has 2 amide bonds. The molecule has 0 aliphatic heterocycles. The first-order valence-electron chi connectivity index (χ1n) is 8.83. The molecule has 0 saturated heterocycles. The van der Waals surface area contributed by atoms with Gasteiger partial charge in [-0.3, -0.25) is 14.4 Å². The summed E-state index contributed by atoms with van der Waals surface area (Å²) in [6.45, 7) is 2.94. The Hall–Kier alpha value is -2.44. The van der Waals surface area contributed by atoms with Crippen molar-refractivity contribution in [3.63, 3.8) is 0 Å². The summed E-state index contributed by atoms with van der Waals surface area (Å²) in [6, 6.07) is 6.15. The van der Waals surface area contributed by atoms with Gasteiger partial charge in [-0.25, -0.2) is 4.39 Å². The van der Waals surface area contributed by atoms with Gasteiger partial charge in [0.25, 0.3) is 5.91 Å². The maximum absolute atomic E-state index is 14.2. The maximum atomic E-state index is 14.2. The van der Waals surface area contributed by atoms with E-state index in [0.29, 0.717) is 18.4 Å². The molecule has 26 heavy (non-hydrogen) atoms. The van der Waals surface area contributed by atoms with E-state index in [1.807, 2.05) is 13.8 Å². The van der Waals surface area contributed by atoms with E-state index in [9.17, 15) is 18.8 Å². The predicted molar refractivity (Wildman–Crippen MR) is 93.8 cm³/mol. The number of amides is 2. The van der Waals surface area contributed by atoms with Crippen molar-refractivity contribution in [3.8, 4) is 0 Å². The molecule has 6 nitrogen and oxygen atoms in total. The second-order valence-corrected chi connectivity index (χ2v) is 6.84. The minimum atomic E-state index is -1.04. The summed E-state index contributed by atoms with van der Waals surface area (Å²) < 4.78 is 19.4. The summed E-state index contributed by atoms with van der Waals surface area (Å²) >= 11 is 0. The Labute approximate surface area is 152 Å². The second kappa shape index (κ2) is 8.78. The highest BCUT2D eigenvalue weighted by Gasteiger charge is 2.45. The van der Waals surface area contributed by atoms with Gasteiger partial charge in [0.05, 0.1) is 12.0 Å². The lowest BCUT2D eigenvalue weighted by Gasteiger charge is -2.27. The fourth-order valence-corrected chi connectivity index (χ4v) is 3.28. The largest absolute Gasteiger partial charge is 0.455 e. The highest BCUT2D eigenvalue weighted by atomic mass is 19.1. The van der Waals surface area contributed by atoms with Gasteiger partial charge in [0.15, 0.2) is 6.61 Å². The van der Waals surface area contributed by atoms with Gasteiger partial charge < -0.3 is 15.4 Å². The van der Waals surface area contributed by atoms with Crippen LogP contribution in [0, 0.1) is 5.82 Å². The monoisotopic (exact) mass is 364 g/mol.